The topological polar surface area (TPSA) is 82.3 Å². The molecule has 0 bridgehead atoms. The summed E-state index contributed by atoms with van der Waals surface area (Å²) in [6.45, 7) is 8.86. The number of rotatable bonds is 5. The van der Waals surface area contributed by atoms with Gasteiger partial charge in [0, 0.05) is 12.6 Å². The lowest BCUT2D eigenvalue weighted by molar-refractivity contribution is 0.0992. The van der Waals surface area contributed by atoms with Gasteiger partial charge in [-0.25, -0.2) is 18.9 Å². The highest BCUT2D eigenvalue weighted by atomic mass is 19.1. The average molecular weight is 451 g/mol. The third-order valence-electron chi connectivity index (χ3n) is 5.58. The van der Waals surface area contributed by atoms with Crippen molar-refractivity contribution < 1.29 is 9.18 Å². The second-order valence-electron chi connectivity index (χ2n) is 7.79. The number of carbonyl (C=O) groups is 1. The van der Waals surface area contributed by atoms with Crippen LogP contribution >= 0.6 is 0 Å². The highest BCUT2D eigenvalue weighted by Crippen LogP contribution is 2.31. The van der Waals surface area contributed by atoms with Crippen molar-refractivity contribution in [2.75, 3.05) is 0 Å². The number of imidazole rings is 2. The number of aromatic nitrogens is 6. The Kier molecular flexibility index (Phi) is 5.18. The fourth-order valence-corrected chi connectivity index (χ4v) is 3.74. The molecule has 0 aliphatic heterocycles. The Labute approximate surface area is 194 Å². The van der Waals surface area contributed by atoms with E-state index in [1.54, 1.807) is 28.9 Å². The van der Waals surface area contributed by atoms with Crippen LogP contribution in [0.2, 0.25) is 0 Å². The number of pyridine rings is 1. The van der Waals surface area contributed by atoms with Gasteiger partial charge in [-0.15, -0.1) is 4.98 Å². The molecular formula is C25H18FN7O. The Balaban J connectivity index is 1.48. The quantitative estimate of drug-likeness (QED) is 0.288. The summed E-state index contributed by atoms with van der Waals surface area (Å²) in [6, 6.07) is 13.0. The Morgan fingerprint density at radius 2 is 1.88 bits per heavy atom. The fourth-order valence-electron chi connectivity index (χ4n) is 3.74. The molecule has 0 saturated heterocycles. The molecule has 5 rings (SSSR count). The van der Waals surface area contributed by atoms with Gasteiger partial charge in [0.05, 0.1) is 35.3 Å². The largest absolute Gasteiger partial charge is 0.361 e. The zero-order chi connectivity index (χ0) is 23.8. The summed E-state index contributed by atoms with van der Waals surface area (Å²) in [7, 11) is 1.90. The first-order chi connectivity index (χ1) is 16.4. The monoisotopic (exact) mass is 451 g/mol. The lowest BCUT2D eigenvalue weighted by Crippen LogP contribution is -2.04. The predicted molar refractivity (Wildman–Crippen MR) is 124 cm³/mol. The Morgan fingerprint density at radius 3 is 2.59 bits per heavy atom. The number of Topliss-reactive ketones (excluding diaryl/α,β-unsaturated/α-hetero) is 1. The van der Waals surface area contributed by atoms with Gasteiger partial charge >= 0.3 is 0 Å². The van der Waals surface area contributed by atoms with Crippen molar-refractivity contribution in [3.05, 3.63) is 95.2 Å². The first-order valence-corrected chi connectivity index (χ1v) is 10.4. The van der Waals surface area contributed by atoms with E-state index in [9.17, 15) is 9.18 Å². The van der Waals surface area contributed by atoms with Gasteiger partial charge in [-0.2, -0.15) is 5.10 Å². The van der Waals surface area contributed by atoms with Crippen molar-refractivity contribution >= 4 is 17.2 Å². The van der Waals surface area contributed by atoms with E-state index in [1.807, 2.05) is 30.7 Å². The Bertz CT molecular complexity index is 1580. The first kappa shape index (κ1) is 21.2. The lowest BCUT2D eigenvalue weighted by Gasteiger charge is -2.07. The van der Waals surface area contributed by atoms with Gasteiger partial charge in [-0.1, -0.05) is 12.6 Å². The summed E-state index contributed by atoms with van der Waals surface area (Å²) >= 11 is 0. The number of halogens is 1. The zero-order valence-electron chi connectivity index (χ0n) is 18.4. The van der Waals surface area contributed by atoms with Crippen LogP contribution in [0, 0.1) is 19.3 Å². The molecule has 0 aliphatic rings. The highest BCUT2D eigenvalue weighted by Gasteiger charge is 2.19. The molecule has 4 aromatic heterocycles. The second kappa shape index (κ2) is 8.33. The van der Waals surface area contributed by atoms with E-state index < -0.39 is 0 Å². The molecule has 4 heterocycles. The lowest BCUT2D eigenvalue weighted by atomic mass is 10.1. The normalized spacial score (nSPS) is 11.0. The molecule has 0 N–H and O–H groups in total. The summed E-state index contributed by atoms with van der Waals surface area (Å²) in [6.07, 6.45) is 3.21. The van der Waals surface area contributed by atoms with Gasteiger partial charge in [0.2, 0.25) is 0 Å². The molecule has 0 spiro atoms. The van der Waals surface area contributed by atoms with Crippen LogP contribution in [0.1, 0.15) is 21.9 Å². The summed E-state index contributed by atoms with van der Waals surface area (Å²) in [4.78, 5) is 29.0. The molecule has 0 fully saturated rings. The molecule has 166 valence electrons. The van der Waals surface area contributed by atoms with E-state index in [1.165, 1.54) is 24.4 Å². The number of nitrogens with zero attached hydrogens (tertiary/aromatic N) is 7. The molecule has 0 amide bonds. The molecule has 0 atom stereocenters. The van der Waals surface area contributed by atoms with Gasteiger partial charge in [0.1, 0.15) is 23.5 Å². The molecule has 0 saturated carbocycles. The van der Waals surface area contributed by atoms with Crippen molar-refractivity contribution in [2.45, 2.75) is 13.3 Å². The van der Waals surface area contributed by atoms with Crippen LogP contribution < -0.4 is 0 Å². The van der Waals surface area contributed by atoms with Crippen molar-refractivity contribution in [3.8, 4) is 22.6 Å². The van der Waals surface area contributed by atoms with Crippen LogP contribution in [0.3, 0.4) is 0 Å². The van der Waals surface area contributed by atoms with Gasteiger partial charge < -0.3 is 9.41 Å². The van der Waals surface area contributed by atoms with E-state index in [0.29, 0.717) is 28.3 Å². The number of hydrogen-bond donors (Lipinski definition) is 0. The van der Waals surface area contributed by atoms with Crippen molar-refractivity contribution in [2.24, 2.45) is 7.05 Å². The number of ketones is 1. The van der Waals surface area contributed by atoms with Gasteiger partial charge in [-0.05, 0) is 49.4 Å². The molecule has 0 aliphatic carbocycles. The van der Waals surface area contributed by atoms with E-state index in [4.69, 9.17) is 11.7 Å². The van der Waals surface area contributed by atoms with Crippen LogP contribution in [0.4, 0.5) is 10.2 Å². The number of aryl methyl sites for hydroxylation is 1. The van der Waals surface area contributed by atoms with E-state index in [2.05, 4.69) is 19.8 Å². The van der Waals surface area contributed by atoms with Gasteiger partial charge in [-0.3, -0.25) is 4.79 Å². The average Bonchev–Trinajstić information content (AvgIpc) is 3.38. The summed E-state index contributed by atoms with van der Waals surface area (Å²) in [5.41, 5.74) is 4.56. The number of hydrogen-bond acceptors (Lipinski definition) is 5. The SMILES string of the molecule is [C-]#[N+]c1ccc(C(=O)Cc2cn3nc(-c4c(-c5ccc(F)cc5)nc(C)n4C)ccc3n2)cn1. The standard InChI is InChI=1S/C25H18FN7O/c1-15-29-24(16-4-7-18(26)8-5-16)25(32(15)3)20-9-11-23-30-19(14-33(23)31-20)12-21(34)17-6-10-22(27-2)28-13-17/h4-11,13-14H,12H2,1,3H3. The van der Waals surface area contributed by atoms with Crippen molar-refractivity contribution in [1.82, 2.24) is 29.1 Å². The van der Waals surface area contributed by atoms with Crippen LogP contribution in [-0.2, 0) is 13.5 Å². The van der Waals surface area contributed by atoms with Crippen LogP contribution in [0.15, 0.2) is 60.9 Å². The minimum Gasteiger partial charge on any atom is -0.361 e. The number of carbonyl (C=O) groups excluding carboxylic acids is 1. The maximum Gasteiger partial charge on any atom is 0.269 e. The summed E-state index contributed by atoms with van der Waals surface area (Å²) in [5, 5.41) is 4.71. The Morgan fingerprint density at radius 1 is 1.09 bits per heavy atom. The molecule has 8 nitrogen and oxygen atoms in total. The third kappa shape index (κ3) is 3.82. The molecule has 0 radical (unpaired) electrons. The van der Waals surface area contributed by atoms with E-state index >= 15 is 0 Å². The third-order valence-corrected chi connectivity index (χ3v) is 5.58. The fraction of sp³-hybridized carbons (Fsp3) is 0.120. The maximum absolute atomic E-state index is 13.4. The summed E-state index contributed by atoms with van der Waals surface area (Å²) in [5.74, 6) is 0.585. The molecule has 0 unspecified atom stereocenters. The summed E-state index contributed by atoms with van der Waals surface area (Å²) < 4.78 is 17.0. The molecule has 1 aromatic carbocycles. The van der Waals surface area contributed by atoms with Crippen LogP contribution in [0.25, 0.3) is 33.1 Å². The highest BCUT2D eigenvalue weighted by molar-refractivity contribution is 5.97. The van der Waals surface area contributed by atoms with Gasteiger partial charge in [0.15, 0.2) is 11.4 Å². The van der Waals surface area contributed by atoms with Gasteiger partial charge in [0.25, 0.3) is 5.82 Å². The van der Waals surface area contributed by atoms with Crippen LogP contribution in [0.5, 0.6) is 0 Å². The molecule has 34 heavy (non-hydrogen) atoms. The zero-order valence-corrected chi connectivity index (χ0v) is 18.4. The van der Waals surface area contributed by atoms with Crippen LogP contribution in [-0.4, -0.2) is 34.9 Å². The maximum atomic E-state index is 13.4. The van der Waals surface area contributed by atoms with Crippen molar-refractivity contribution in [1.29, 1.82) is 0 Å². The smallest absolute Gasteiger partial charge is 0.269 e. The molecular weight excluding hydrogens is 433 g/mol. The number of fused-ring (bicyclic) bond motifs is 1. The van der Waals surface area contributed by atoms with Crippen molar-refractivity contribution in [3.63, 3.8) is 0 Å². The second-order valence-corrected chi connectivity index (χ2v) is 7.79. The number of benzene rings is 1. The molecule has 5 aromatic rings. The van der Waals surface area contributed by atoms with E-state index in [0.717, 1.165) is 17.1 Å². The van der Waals surface area contributed by atoms with E-state index in [-0.39, 0.29) is 23.8 Å². The molecule has 9 heteroatoms. The predicted octanol–water partition coefficient (Wildman–Crippen LogP) is 4.62. The minimum atomic E-state index is -0.309. The Hall–Kier alpha value is -4.71. The first-order valence-electron chi connectivity index (χ1n) is 10.4. The minimum absolute atomic E-state index is 0.0867.